The molecule has 5 rings (SSSR count). The third-order valence-corrected chi connectivity index (χ3v) is 6.96. The first-order chi connectivity index (χ1) is 13.5. The first-order valence-electron chi connectivity index (χ1n) is 10.7. The summed E-state index contributed by atoms with van der Waals surface area (Å²) in [5, 5.41) is 12.5. The number of ether oxygens (including phenoxy) is 1. The number of hydrogen-bond acceptors (Lipinski definition) is 3. The van der Waals surface area contributed by atoms with Crippen LogP contribution in [0.5, 0.6) is 5.75 Å². The van der Waals surface area contributed by atoms with E-state index >= 15 is 0 Å². The SMILES string of the molecule is CCCOc1ccc([C@H](CC(=O)O)NC(=O)C23CC4CC(CC(C4)C2)C3)cc1. The van der Waals surface area contributed by atoms with E-state index < -0.39 is 12.0 Å². The Bertz CT molecular complexity index is 691. The quantitative estimate of drug-likeness (QED) is 0.699. The first-order valence-corrected chi connectivity index (χ1v) is 10.7. The summed E-state index contributed by atoms with van der Waals surface area (Å²) in [7, 11) is 0. The smallest absolute Gasteiger partial charge is 0.305 e. The lowest BCUT2D eigenvalue weighted by molar-refractivity contribution is -0.147. The van der Waals surface area contributed by atoms with Crippen LogP contribution in [0.25, 0.3) is 0 Å². The summed E-state index contributed by atoms with van der Waals surface area (Å²) in [6, 6.07) is 6.96. The van der Waals surface area contributed by atoms with Gasteiger partial charge in [0.1, 0.15) is 5.75 Å². The van der Waals surface area contributed by atoms with Crippen molar-refractivity contribution in [2.24, 2.45) is 23.2 Å². The van der Waals surface area contributed by atoms with Gasteiger partial charge in [-0.05, 0) is 80.4 Å². The maximum absolute atomic E-state index is 13.3. The van der Waals surface area contributed by atoms with Crippen molar-refractivity contribution in [3.05, 3.63) is 29.8 Å². The van der Waals surface area contributed by atoms with Crippen molar-refractivity contribution in [3.8, 4) is 5.75 Å². The van der Waals surface area contributed by atoms with Crippen LogP contribution >= 0.6 is 0 Å². The minimum Gasteiger partial charge on any atom is -0.494 e. The Morgan fingerprint density at radius 2 is 1.68 bits per heavy atom. The molecular weight excluding hydrogens is 354 g/mol. The summed E-state index contributed by atoms with van der Waals surface area (Å²) in [4.78, 5) is 24.8. The third kappa shape index (κ3) is 3.89. The van der Waals surface area contributed by atoms with Crippen molar-refractivity contribution in [2.75, 3.05) is 6.61 Å². The molecule has 5 heteroatoms. The Morgan fingerprint density at radius 1 is 1.11 bits per heavy atom. The zero-order chi connectivity index (χ0) is 19.7. The summed E-state index contributed by atoms with van der Waals surface area (Å²) in [6.45, 7) is 2.71. The van der Waals surface area contributed by atoms with Crippen molar-refractivity contribution >= 4 is 11.9 Å². The molecule has 0 radical (unpaired) electrons. The van der Waals surface area contributed by atoms with Crippen LogP contribution in [0.15, 0.2) is 24.3 Å². The van der Waals surface area contributed by atoms with Crippen molar-refractivity contribution < 1.29 is 19.4 Å². The molecule has 4 saturated carbocycles. The number of carboxylic acids is 1. The third-order valence-electron chi connectivity index (χ3n) is 6.96. The van der Waals surface area contributed by atoms with Gasteiger partial charge in [0, 0.05) is 5.41 Å². The fourth-order valence-electron chi connectivity index (χ4n) is 6.14. The number of carbonyl (C=O) groups is 2. The van der Waals surface area contributed by atoms with Gasteiger partial charge in [0.05, 0.1) is 19.1 Å². The number of aliphatic carboxylic acids is 1. The average Bonchev–Trinajstić information content (AvgIpc) is 2.65. The Balaban J connectivity index is 1.49. The Hall–Kier alpha value is -2.04. The van der Waals surface area contributed by atoms with Gasteiger partial charge in [-0.2, -0.15) is 0 Å². The largest absolute Gasteiger partial charge is 0.494 e. The normalized spacial score (nSPS) is 31.4. The van der Waals surface area contributed by atoms with E-state index in [1.807, 2.05) is 24.3 Å². The fraction of sp³-hybridized carbons (Fsp3) is 0.652. The molecule has 0 aliphatic heterocycles. The molecule has 0 heterocycles. The van der Waals surface area contributed by atoms with Crippen LogP contribution in [0, 0.1) is 23.2 Å². The van der Waals surface area contributed by atoms with Gasteiger partial charge in [0.15, 0.2) is 0 Å². The molecule has 1 aromatic carbocycles. The minimum atomic E-state index is -0.901. The van der Waals surface area contributed by atoms with Crippen LogP contribution in [-0.2, 0) is 9.59 Å². The second kappa shape index (κ2) is 7.76. The Labute approximate surface area is 166 Å². The van der Waals surface area contributed by atoms with Gasteiger partial charge in [-0.15, -0.1) is 0 Å². The number of nitrogens with one attached hydrogen (secondary N) is 1. The van der Waals surface area contributed by atoms with Crippen LogP contribution in [0.4, 0.5) is 0 Å². The molecule has 28 heavy (non-hydrogen) atoms. The summed E-state index contributed by atoms with van der Waals surface area (Å²) >= 11 is 0. The van der Waals surface area contributed by atoms with Gasteiger partial charge in [0.2, 0.25) is 5.91 Å². The molecule has 0 spiro atoms. The monoisotopic (exact) mass is 385 g/mol. The topological polar surface area (TPSA) is 75.6 Å². The predicted octanol–water partition coefficient (Wildman–Crippen LogP) is 4.32. The number of rotatable bonds is 8. The van der Waals surface area contributed by atoms with Crippen LogP contribution in [-0.4, -0.2) is 23.6 Å². The summed E-state index contributed by atoms with van der Waals surface area (Å²) in [5.74, 6) is 2.00. The number of amides is 1. The number of carbonyl (C=O) groups excluding carboxylic acids is 1. The molecule has 152 valence electrons. The van der Waals surface area contributed by atoms with E-state index in [1.165, 1.54) is 19.3 Å². The molecule has 1 aromatic rings. The van der Waals surface area contributed by atoms with Crippen LogP contribution in [0.3, 0.4) is 0 Å². The lowest BCUT2D eigenvalue weighted by Crippen LogP contribution is -2.54. The Morgan fingerprint density at radius 3 is 2.18 bits per heavy atom. The highest BCUT2D eigenvalue weighted by molar-refractivity contribution is 5.84. The van der Waals surface area contributed by atoms with Gasteiger partial charge in [-0.3, -0.25) is 9.59 Å². The highest BCUT2D eigenvalue weighted by Gasteiger charge is 2.54. The molecule has 0 aromatic heterocycles. The zero-order valence-electron chi connectivity index (χ0n) is 16.7. The van der Waals surface area contributed by atoms with E-state index in [0.717, 1.165) is 37.0 Å². The molecule has 4 bridgehead atoms. The van der Waals surface area contributed by atoms with E-state index in [-0.39, 0.29) is 17.7 Å². The van der Waals surface area contributed by atoms with Gasteiger partial charge in [0.25, 0.3) is 0 Å². The molecule has 1 amide bonds. The second-order valence-electron chi connectivity index (χ2n) is 9.24. The minimum absolute atomic E-state index is 0.0733. The van der Waals surface area contributed by atoms with Gasteiger partial charge in [-0.1, -0.05) is 19.1 Å². The molecule has 0 saturated heterocycles. The van der Waals surface area contributed by atoms with E-state index in [1.54, 1.807) is 0 Å². The van der Waals surface area contributed by atoms with Gasteiger partial charge >= 0.3 is 5.97 Å². The molecule has 0 unspecified atom stereocenters. The van der Waals surface area contributed by atoms with Crippen LogP contribution in [0.2, 0.25) is 0 Å². The van der Waals surface area contributed by atoms with Crippen molar-refractivity contribution in [2.45, 2.75) is 64.3 Å². The first kappa shape index (κ1) is 19.3. The van der Waals surface area contributed by atoms with Crippen molar-refractivity contribution in [1.82, 2.24) is 5.32 Å². The highest BCUT2D eigenvalue weighted by atomic mass is 16.5. The van der Waals surface area contributed by atoms with E-state index in [2.05, 4.69) is 12.2 Å². The summed E-state index contributed by atoms with van der Waals surface area (Å²) in [5.41, 5.74) is 0.555. The number of hydrogen-bond donors (Lipinski definition) is 2. The fourth-order valence-corrected chi connectivity index (χ4v) is 6.14. The van der Waals surface area contributed by atoms with Crippen molar-refractivity contribution in [3.63, 3.8) is 0 Å². The number of carboxylic acid groups (broad SMARTS) is 1. The maximum atomic E-state index is 13.3. The lowest BCUT2D eigenvalue weighted by Gasteiger charge is -2.55. The molecule has 4 aliphatic carbocycles. The number of benzene rings is 1. The average molecular weight is 386 g/mol. The molecule has 1 atom stereocenters. The van der Waals surface area contributed by atoms with Gasteiger partial charge in [-0.25, -0.2) is 0 Å². The highest BCUT2D eigenvalue weighted by Crippen LogP contribution is 2.60. The standard InChI is InChI=1S/C23H31NO4/c1-2-7-28-19-5-3-18(4-6-19)20(11-21(25)26)24-22(27)23-12-15-8-16(13-23)10-17(9-15)14-23/h3-6,15-17,20H,2,7-14H2,1H3,(H,24,27)(H,25,26)/t15?,16?,17?,20-,23?/m0/s1. The Kier molecular flexibility index (Phi) is 5.35. The molecule has 2 N–H and O–H groups in total. The lowest BCUT2D eigenvalue weighted by atomic mass is 9.49. The summed E-state index contributed by atoms with van der Waals surface area (Å²) in [6.07, 6.45) is 7.62. The van der Waals surface area contributed by atoms with Crippen LogP contribution < -0.4 is 10.1 Å². The maximum Gasteiger partial charge on any atom is 0.305 e. The van der Waals surface area contributed by atoms with E-state index in [0.29, 0.717) is 24.4 Å². The van der Waals surface area contributed by atoms with E-state index in [9.17, 15) is 14.7 Å². The van der Waals surface area contributed by atoms with Crippen LogP contribution in [0.1, 0.15) is 69.9 Å². The predicted molar refractivity (Wildman–Crippen MR) is 106 cm³/mol. The summed E-state index contributed by atoms with van der Waals surface area (Å²) < 4.78 is 5.61. The molecule has 4 fully saturated rings. The van der Waals surface area contributed by atoms with Gasteiger partial charge < -0.3 is 15.2 Å². The second-order valence-corrected chi connectivity index (χ2v) is 9.24. The molecule has 5 nitrogen and oxygen atoms in total. The molecular formula is C23H31NO4. The van der Waals surface area contributed by atoms with Crippen molar-refractivity contribution in [1.29, 1.82) is 0 Å². The molecule has 4 aliphatic rings. The van der Waals surface area contributed by atoms with E-state index in [4.69, 9.17) is 4.74 Å². The zero-order valence-corrected chi connectivity index (χ0v) is 16.7.